The molecule has 0 spiro atoms. The lowest BCUT2D eigenvalue weighted by molar-refractivity contribution is -0.924. The number of unbranched alkanes of at least 4 members (excludes halogenated alkanes) is 6. The van der Waals surface area contributed by atoms with Crippen molar-refractivity contribution in [2.45, 2.75) is 84.7 Å². The smallest absolute Gasteiger partial charge is 0.359 e. The van der Waals surface area contributed by atoms with Crippen molar-refractivity contribution in [2.24, 2.45) is 0 Å². The van der Waals surface area contributed by atoms with E-state index in [1.54, 1.807) is 0 Å². The van der Waals surface area contributed by atoms with E-state index in [-0.39, 0.29) is 6.54 Å². The molecule has 0 aliphatic carbocycles. The third-order valence-electron chi connectivity index (χ3n) is 4.60. The van der Waals surface area contributed by atoms with Crippen molar-refractivity contribution in [3.63, 3.8) is 0 Å². The fourth-order valence-electron chi connectivity index (χ4n) is 3.23. The molecule has 0 heterocycles. The number of quaternary nitrogens is 1. The topological polar surface area (TPSA) is 57.5 Å². The molecule has 24 heavy (non-hydrogen) atoms. The van der Waals surface area contributed by atoms with Crippen LogP contribution in [0.25, 0.3) is 0 Å². The molecule has 0 bridgehead atoms. The molecule has 1 unspecified atom stereocenters. The fraction of sp³-hybridized carbons (Fsp3) is 0.850. The Balaban J connectivity index is 4.91. The zero-order valence-electron chi connectivity index (χ0n) is 16.2. The van der Waals surface area contributed by atoms with Gasteiger partial charge in [-0.25, -0.2) is 4.79 Å². The Hall–Kier alpha value is -0.870. The van der Waals surface area contributed by atoms with Crippen LogP contribution < -0.4 is 0 Å². The normalized spacial score (nSPS) is 13.5. The first-order valence-corrected chi connectivity index (χ1v) is 9.91. The molecule has 0 aromatic carbocycles. The van der Waals surface area contributed by atoms with E-state index >= 15 is 0 Å². The molecule has 0 aromatic heterocycles. The molecule has 0 amide bonds. The number of carboxylic acids is 1. The monoisotopic (exact) mass is 342 g/mol. The van der Waals surface area contributed by atoms with Crippen LogP contribution in [-0.4, -0.2) is 52.9 Å². The van der Waals surface area contributed by atoms with E-state index in [2.05, 4.69) is 20.8 Å². The molecule has 0 aliphatic heterocycles. The highest BCUT2D eigenvalue weighted by Gasteiger charge is 2.31. The standard InChI is InChI=1S/C20H39NO3/c1-4-7-10-11-14-19(22)17-21(18-20(23)24,15-12-8-5-2)16-13-9-6-3/h11,14,19,22H,4-10,12-13,15-18H2,1-3H3/p+1/b14-11+. The number of carbonyl (C=O) groups is 1. The van der Waals surface area contributed by atoms with Gasteiger partial charge in [0.25, 0.3) is 0 Å². The van der Waals surface area contributed by atoms with Gasteiger partial charge in [-0.1, -0.05) is 58.6 Å². The Labute approximate surface area is 149 Å². The molecule has 0 radical (unpaired) electrons. The van der Waals surface area contributed by atoms with Gasteiger partial charge in [-0.3, -0.25) is 0 Å². The zero-order valence-corrected chi connectivity index (χ0v) is 16.2. The SMILES string of the molecule is CCCC/C=C/C(O)C[N+](CCCCC)(CCCCC)CC(=O)O. The average Bonchev–Trinajstić information content (AvgIpc) is 2.51. The molecular weight excluding hydrogens is 302 g/mol. The van der Waals surface area contributed by atoms with Gasteiger partial charge in [-0.2, -0.15) is 0 Å². The van der Waals surface area contributed by atoms with Crippen LogP contribution in [0.4, 0.5) is 0 Å². The van der Waals surface area contributed by atoms with E-state index in [1.165, 1.54) is 0 Å². The highest BCUT2D eigenvalue weighted by molar-refractivity contribution is 5.67. The van der Waals surface area contributed by atoms with Crippen molar-refractivity contribution in [1.29, 1.82) is 0 Å². The summed E-state index contributed by atoms with van der Waals surface area (Å²) in [4.78, 5) is 11.4. The minimum Gasteiger partial charge on any atom is -0.477 e. The maximum atomic E-state index is 11.4. The van der Waals surface area contributed by atoms with Gasteiger partial charge in [0.2, 0.25) is 0 Å². The number of hydrogen-bond donors (Lipinski definition) is 2. The minimum atomic E-state index is -0.759. The molecule has 0 saturated heterocycles. The first-order chi connectivity index (χ1) is 11.5. The lowest BCUT2D eigenvalue weighted by Crippen LogP contribution is -2.55. The quantitative estimate of drug-likeness (QED) is 0.249. The van der Waals surface area contributed by atoms with Crippen LogP contribution in [0.3, 0.4) is 0 Å². The largest absolute Gasteiger partial charge is 0.477 e. The molecular formula is C20H40NO3+. The third-order valence-corrected chi connectivity index (χ3v) is 4.60. The molecule has 142 valence electrons. The molecule has 1 atom stereocenters. The molecule has 0 fully saturated rings. The van der Waals surface area contributed by atoms with Crippen molar-refractivity contribution >= 4 is 5.97 Å². The summed E-state index contributed by atoms with van der Waals surface area (Å²) in [5, 5.41) is 19.8. The third kappa shape index (κ3) is 11.6. The van der Waals surface area contributed by atoms with Gasteiger partial charge >= 0.3 is 5.97 Å². The lowest BCUT2D eigenvalue weighted by atomic mass is 10.1. The second-order valence-electron chi connectivity index (χ2n) is 7.08. The van der Waals surface area contributed by atoms with Gasteiger partial charge in [0, 0.05) is 0 Å². The van der Waals surface area contributed by atoms with Crippen LogP contribution in [0.5, 0.6) is 0 Å². The van der Waals surface area contributed by atoms with E-state index in [0.29, 0.717) is 11.0 Å². The molecule has 0 rings (SSSR count). The Kier molecular flexibility index (Phi) is 13.9. The summed E-state index contributed by atoms with van der Waals surface area (Å²) in [7, 11) is 0. The number of aliphatic hydroxyl groups is 1. The predicted octanol–water partition coefficient (Wildman–Crippen LogP) is 4.38. The summed E-state index contributed by atoms with van der Waals surface area (Å²) >= 11 is 0. The number of allylic oxidation sites excluding steroid dienone is 1. The highest BCUT2D eigenvalue weighted by Crippen LogP contribution is 2.16. The predicted molar refractivity (Wildman–Crippen MR) is 101 cm³/mol. The molecule has 2 N–H and O–H groups in total. The summed E-state index contributed by atoms with van der Waals surface area (Å²) in [5.41, 5.74) is 0. The van der Waals surface area contributed by atoms with E-state index < -0.39 is 12.1 Å². The lowest BCUT2D eigenvalue weighted by Gasteiger charge is -2.38. The number of rotatable bonds is 16. The van der Waals surface area contributed by atoms with E-state index in [0.717, 1.165) is 70.9 Å². The molecule has 0 aliphatic rings. The maximum absolute atomic E-state index is 11.4. The van der Waals surface area contributed by atoms with Crippen molar-refractivity contribution in [3.8, 4) is 0 Å². The van der Waals surface area contributed by atoms with Gasteiger partial charge in [0.1, 0.15) is 12.6 Å². The van der Waals surface area contributed by atoms with Crippen LogP contribution in [-0.2, 0) is 4.79 Å². The average molecular weight is 343 g/mol. The first-order valence-electron chi connectivity index (χ1n) is 9.91. The van der Waals surface area contributed by atoms with Crippen molar-refractivity contribution in [1.82, 2.24) is 0 Å². The number of aliphatic hydroxyl groups excluding tert-OH is 1. The number of hydrogen-bond acceptors (Lipinski definition) is 2. The van der Waals surface area contributed by atoms with Crippen LogP contribution in [0, 0.1) is 0 Å². The second kappa shape index (κ2) is 14.5. The van der Waals surface area contributed by atoms with Crippen LogP contribution in [0.2, 0.25) is 0 Å². The highest BCUT2D eigenvalue weighted by atomic mass is 16.4. The Morgan fingerprint density at radius 1 is 0.958 bits per heavy atom. The summed E-state index contributed by atoms with van der Waals surface area (Å²) < 4.78 is 0.509. The maximum Gasteiger partial charge on any atom is 0.359 e. The first kappa shape index (κ1) is 23.1. The molecule has 0 aromatic rings. The zero-order chi connectivity index (χ0) is 18.3. The van der Waals surface area contributed by atoms with Gasteiger partial charge < -0.3 is 14.7 Å². The number of aliphatic carboxylic acids is 1. The van der Waals surface area contributed by atoms with E-state index in [9.17, 15) is 15.0 Å². The summed E-state index contributed by atoms with van der Waals surface area (Å²) in [6.45, 7) is 8.81. The second-order valence-corrected chi connectivity index (χ2v) is 7.08. The van der Waals surface area contributed by atoms with Gasteiger partial charge in [0.05, 0.1) is 13.1 Å². The fourth-order valence-corrected chi connectivity index (χ4v) is 3.23. The van der Waals surface area contributed by atoms with Crippen molar-refractivity contribution < 1.29 is 19.5 Å². The minimum absolute atomic E-state index is 0.118. The summed E-state index contributed by atoms with van der Waals surface area (Å²) in [5.74, 6) is -0.759. The van der Waals surface area contributed by atoms with E-state index in [1.807, 2.05) is 12.2 Å². The van der Waals surface area contributed by atoms with Crippen LogP contribution >= 0.6 is 0 Å². The summed E-state index contributed by atoms with van der Waals surface area (Å²) in [6, 6.07) is 0. The Morgan fingerprint density at radius 3 is 1.96 bits per heavy atom. The van der Waals surface area contributed by atoms with E-state index in [4.69, 9.17) is 0 Å². The Bertz CT molecular complexity index is 332. The van der Waals surface area contributed by atoms with Crippen LogP contribution in [0.1, 0.15) is 78.6 Å². The van der Waals surface area contributed by atoms with Crippen LogP contribution in [0.15, 0.2) is 12.2 Å². The molecule has 0 saturated carbocycles. The van der Waals surface area contributed by atoms with Gasteiger partial charge in [0.15, 0.2) is 6.54 Å². The number of carboxylic acid groups (broad SMARTS) is 1. The number of nitrogens with zero attached hydrogens (tertiary/aromatic N) is 1. The molecule has 4 nitrogen and oxygen atoms in total. The van der Waals surface area contributed by atoms with Crippen molar-refractivity contribution in [2.75, 3.05) is 26.2 Å². The summed E-state index contributed by atoms with van der Waals surface area (Å²) in [6.07, 6.45) is 13.2. The van der Waals surface area contributed by atoms with Gasteiger partial charge in [-0.15, -0.1) is 0 Å². The Morgan fingerprint density at radius 2 is 1.50 bits per heavy atom. The molecule has 4 heteroatoms. The van der Waals surface area contributed by atoms with Gasteiger partial charge in [-0.05, 0) is 32.1 Å². The van der Waals surface area contributed by atoms with Crippen molar-refractivity contribution in [3.05, 3.63) is 12.2 Å².